The molecule has 1 fully saturated rings. The van der Waals surface area contributed by atoms with E-state index in [1.54, 1.807) is 6.07 Å². The maximum absolute atomic E-state index is 12.4. The van der Waals surface area contributed by atoms with Crippen LogP contribution in [0.3, 0.4) is 0 Å². The van der Waals surface area contributed by atoms with Crippen LogP contribution in [0.25, 0.3) is 0 Å². The highest BCUT2D eigenvalue weighted by Crippen LogP contribution is 2.27. The molecule has 118 valence electrons. The second kappa shape index (κ2) is 6.64. The molecule has 2 unspecified atom stereocenters. The number of anilines is 1. The highest BCUT2D eigenvalue weighted by atomic mass is 32.2. The molecular weight excluding hydrogens is 292 g/mol. The minimum Gasteiger partial charge on any atom is -0.495 e. The van der Waals surface area contributed by atoms with Crippen molar-refractivity contribution in [3.8, 4) is 5.75 Å². The Balaban J connectivity index is 2.13. The fraction of sp³-hybridized carbons (Fsp3) is 0.571. The lowest BCUT2D eigenvalue weighted by molar-refractivity contribution is 0.0724. The summed E-state index contributed by atoms with van der Waals surface area (Å²) in [5.74, 6) is 0.210. The topological polar surface area (TPSA) is 102 Å². The summed E-state index contributed by atoms with van der Waals surface area (Å²) in [6, 6.07) is 4.49. The summed E-state index contributed by atoms with van der Waals surface area (Å²) in [7, 11) is -2.30. The Labute approximate surface area is 125 Å². The van der Waals surface area contributed by atoms with Crippen LogP contribution >= 0.6 is 0 Å². The molecule has 6 nitrogen and oxygen atoms in total. The molecule has 7 heteroatoms. The van der Waals surface area contributed by atoms with Crippen LogP contribution in [0.5, 0.6) is 5.75 Å². The highest BCUT2D eigenvalue weighted by molar-refractivity contribution is 7.89. The Hall–Kier alpha value is -1.31. The predicted octanol–water partition coefficient (Wildman–Crippen LogP) is 1.11. The molecule has 1 aliphatic carbocycles. The Kier molecular flexibility index (Phi) is 5.08. The van der Waals surface area contributed by atoms with Gasteiger partial charge in [0.15, 0.2) is 0 Å². The quantitative estimate of drug-likeness (QED) is 0.707. The summed E-state index contributed by atoms with van der Waals surface area (Å²) in [4.78, 5) is 0.0234. The smallest absolute Gasteiger partial charge is 0.244 e. The lowest BCUT2D eigenvalue weighted by atomic mass is 9.87. The second-order valence-corrected chi connectivity index (χ2v) is 7.11. The van der Waals surface area contributed by atoms with E-state index in [-0.39, 0.29) is 23.1 Å². The molecule has 1 aliphatic rings. The lowest BCUT2D eigenvalue weighted by Crippen LogP contribution is -2.36. The van der Waals surface area contributed by atoms with Gasteiger partial charge in [-0.1, -0.05) is 12.8 Å². The van der Waals surface area contributed by atoms with Crippen molar-refractivity contribution in [3.05, 3.63) is 18.2 Å². The van der Waals surface area contributed by atoms with Gasteiger partial charge in [0.2, 0.25) is 10.0 Å². The molecule has 0 heterocycles. The van der Waals surface area contributed by atoms with Crippen LogP contribution in [-0.4, -0.2) is 33.3 Å². The van der Waals surface area contributed by atoms with Gasteiger partial charge in [0, 0.05) is 12.2 Å². The first kappa shape index (κ1) is 16.1. The van der Waals surface area contributed by atoms with Crippen molar-refractivity contribution in [2.45, 2.75) is 36.7 Å². The number of nitrogen functional groups attached to an aromatic ring is 1. The maximum Gasteiger partial charge on any atom is 0.244 e. The number of sulfonamides is 1. The summed E-state index contributed by atoms with van der Waals surface area (Å²) < 4.78 is 32.4. The molecule has 0 amide bonds. The van der Waals surface area contributed by atoms with E-state index in [2.05, 4.69) is 4.72 Å². The van der Waals surface area contributed by atoms with Gasteiger partial charge in [-0.25, -0.2) is 13.1 Å². The molecule has 0 aromatic heterocycles. The van der Waals surface area contributed by atoms with E-state index < -0.39 is 16.1 Å². The largest absolute Gasteiger partial charge is 0.495 e. The Bertz CT molecular complexity index is 589. The molecule has 1 saturated carbocycles. The van der Waals surface area contributed by atoms with Gasteiger partial charge in [-0.3, -0.25) is 0 Å². The fourth-order valence-electron chi connectivity index (χ4n) is 2.62. The SMILES string of the molecule is COc1ccc(N)cc1S(=O)(=O)NCC1CCCCC1O. The van der Waals surface area contributed by atoms with Gasteiger partial charge in [-0.15, -0.1) is 0 Å². The van der Waals surface area contributed by atoms with Gasteiger partial charge >= 0.3 is 0 Å². The van der Waals surface area contributed by atoms with Crippen LogP contribution in [0.4, 0.5) is 5.69 Å². The zero-order chi connectivity index (χ0) is 15.5. The summed E-state index contributed by atoms with van der Waals surface area (Å²) in [6.07, 6.45) is 3.13. The van der Waals surface area contributed by atoms with Crippen LogP contribution in [0.1, 0.15) is 25.7 Å². The van der Waals surface area contributed by atoms with Crippen molar-refractivity contribution in [1.82, 2.24) is 4.72 Å². The van der Waals surface area contributed by atoms with Crippen molar-refractivity contribution in [1.29, 1.82) is 0 Å². The van der Waals surface area contributed by atoms with Gasteiger partial charge in [0.25, 0.3) is 0 Å². The molecule has 1 aromatic rings. The van der Waals surface area contributed by atoms with E-state index in [0.29, 0.717) is 5.69 Å². The van der Waals surface area contributed by atoms with E-state index in [4.69, 9.17) is 10.5 Å². The number of aliphatic hydroxyl groups is 1. The van der Waals surface area contributed by atoms with Crippen molar-refractivity contribution in [2.75, 3.05) is 19.4 Å². The predicted molar refractivity (Wildman–Crippen MR) is 80.6 cm³/mol. The van der Waals surface area contributed by atoms with Gasteiger partial charge < -0.3 is 15.6 Å². The van der Waals surface area contributed by atoms with Crippen LogP contribution in [0.2, 0.25) is 0 Å². The number of nitrogens with one attached hydrogen (secondary N) is 1. The molecule has 0 saturated heterocycles. The highest BCUT2D eigenvalue weighted by Gasteiger charge is 2.26. The van der Waals surface area contributed by atoms with Crippen LogP contribution in [0.15, 0.2) is 23.1 Å². The number of hydrogen-bond donors (Lipinski definition) is 3. The summed E-state index contributed by atoms with van der Waals surface area (Å²) in [5, 5.41) is 9.90. The normalized spacial score (nSPS) is 23.0. The number of nitrogens with two attached hydrogens (primary N) is 1. The molecule has 2 atom stereocenters. The second-order valence-electron chi connectivity index (χ2n) is 5.37. The van der Waals surface area contributed by atoms with Gasteiger partial charge in [-0.05, 0) is 37.0 Å². The van der Waals surface area contributed by atoms with E-state index in [0.717, 1.165) is 25.7 Å². The number of aliphatic hydroxyl groups excluding tert-OH is 1. The first-order valence-electron chi connectivity index (χ1n) is 7.05. The maximum atomic E-state index is 12.4. The van der Waals surface area contributed by atoms with E-state index in [1.165, 1.54) is 19.2 Å². The zero-order valence-corrected chi connectivity index (χ0v) is 12.9. The minimum atomic E-state index is -3.71. The van der Waals surface area contributed by atoms with Crippen LogP contribution in [-0.2, 0) is 10.0 Å². The van der Waals surface area contributed by atoms with Crippen LogP contribution < -0.4 is 15.2 Å². The molecule has 1 aromatic carbocycles. The van der Waals surface area contributed by atoms with Gasteiger partial charge in [0.1, 0.15) is 10.6 Å². The number of benzene rings is 1. The Morgan fingerprint density at radius 3 is 2.76 bits per heavy atom. The third-order valence-corrected chi connectivity index (χ3v) is 5.33. The first-order valence-corrected chi connectivity index (χ1v) is 8.53. The standard InChI is InChI=1S/C14H22N2O4S/c1-20-13-7-6-11(15)8-14(13)21(18,19)16-9-10-4-2-3-5-12(10)17/h6-8,10,12,16-17H,2-5,9,15H2,1H3. The molecule has 21 heavy (non-hydrogen) atoms. The van der Waals surface area contributed by atoms with Crippen molar-refractivity contribution >= 4 is 15.7 Å². The minimum absolute atomic E-state index is 0.0234. The van der Waals surface area contributed by atoms with E-state index in [1.807, 2.05) is 0 Å². The lowest BCUT2D eigenvalue weighted by Gasteiger charge is -2.27. The van der Waals surface area contributed by atoms with Crippen molar-refractivity contribution < 1.29 is 18.3 Å². The average Bonchev–Trinajstić information content (AvgIpc) is 2.46. The average molecular weight is 314 g/mol. The van der Waals surface area contributed by atoms with Gasteiger partial charge in [0.05, 0.1) is 13.2 Å². The fourth-order valence-corrected chi connectivity index (χ4v) is 3.92. The van der Waals surface area contributed by atoms with E-state index in [9.17, 15) is 13.5 Å². The number of rotatable bonds is 5. The van der Waals surface area contributed by atoms with Crippen molar-refractivity contribution in [3.63, 3.8) is 0 Å². The molecule has 0 spiro atoms. The van der Waals surface area contributed by atoms with Crippen LogP contribution in [0, 0.1) is 5.92 Å². The Morgan fingerprint density at radius 2 is 2.10 bits per heavy atom. The molecule has 0 aliphatic heterocycles. The van der Waals surface area contributed by atoms with Gasteiger partial charge in [-0.2, -0.15) is 0 Å². The summed E-state index contributed by atoms with van der Waals surface area (Å²) in [5.41, 5.74) is 6.01. The first-order chi connectivity index (χ1) is 9.94. The molecule has 0 bridgehead atoms. The molecule has 2 rings (SSSR count). The monoisotopic (exact) mass is 314 g/mol. The van der Waals surface area contributed by atoms with E-state index >= 15 is 0 Å². The number of methoxy groups -OCH3 is 1. The third-order valence-electron chi connectivity index (χ3n) is 3.88. The number of hydrogen-bond acceptors (Lipinski definition) is 5. The zero-order valence-electron chi connectivity index (χ0n) is 12.1. The third kappa shape index (κ3) is 3.87. The molecule has 4 N–H and O–H groups in total. The molecular formula is C14H22N2O4S. The number of ether oxygens (including phenoxy) is 1. The summed E-state index contributed by atoms with van der Waals surface area (Å²) >= 11 is 0. The Morgan fingerprint density at radius 1 is 1.38 bits per heavy atom. The van der Waals surface area contributed by atoms with Crippen molar-refractivity contribution in [2.24, 2.45) is 5.92 Å². The summed E-state index contributed by atoms with van der Waals surface area (Å²) in [6.45, 7) is 0.224. The molecule has 0 radical (unpaired) electrons.